The molecule has 0 saturated carbocycles. The molecule has 0 aliphatic heterocycles. The number of hydrogen-bond donors (Lipinski definition) is 1. The Labute approximate surface area is 150 Å². The number of aromatic nitrogens is 2. The highest BCUT2D eigenvalue weighted by Crippen LogP contribution is 2.41. The summed E-state index contributed by atoms with van der Waals surface area (Å²) in [6, 6.07) is 19.4. The lowest BCUT2D eigenvalue weighted by Gasteiger charge is -2.12. The second-order valence-corrected chi connectivity index (χ2v) is 7.25. The zero-order chi connectivity index (χ0) is 17.6. The van der Waals surface area contributed by atoms with Gasteiger partial charge in [0.15, 0.2) is 6.20 Å². The molecule has 3 aromatic carbocycles. The van der Waals surface area contributed by atoms with Gasteiger partial charge in [0.25, 0.3) is 0 Å². The Morgan fingerprint density at radius 2 is 1.65 bits per heavy atom. The Morgan fingerprint density at radius 3 is 2.54 bits per heavy atom. The van der Waals surface area contributed by atoms with Gasteiger partial charge in [-0.05, 0) is 30.0 Å². The average molecular weight is 336 g/mol. The molecule has 3 heterocycles. The Morgan fingerprint density at radius 1 is 0.846 bits per heavy atom. The lowest BCUT2D eigenvalue weighted by molar-refractivity contribution is -0.643. The van der Waals surface area contributed by atoms with Crippen LogP contribution in [0.5, 0.6) is 0 Å². The van der Waals surface area contributed by atoms with Gasteiger partial charge in [0.1, 0.15) is 7.05 Å². The fourth-order valence-electron chi connectivity index (χ4n) is 4.71. The van der Waals surface area contributed by atoms with Crippen molar-refractivity contribution in [2.45, 2.75) is 6.92 Å². The molecule has 0 unspecified atom stereocenters. The van der Waals surface area contributed by atoms with Crippen LogP contribution < -0.4 is 10.3 Å². The maximum Gasteiger partial charge on any atom is 0.224 e. The standard InChI is InChI=1S/C23H18N3/c1-13-9-10-16-15-6-4-7-17(24)21(15)26-18-8-3-5-14-11-12-25(2)23(20(14)18)19(13)22(16)26/h3-12H,24H2,1-2H3/q+1. The molecule has 6 aromatic rings. The van der Waals surface area contributed by atoms with Crippen LogP contribution >= 0.6 is 0 Å². The third-order valence-electron chi connectivity index (χ3n) is 5.81. The summed E-state index contributed by atoms with van der Waals surface area (Å²) >= 11 is 0. The van der Waals surface area contributed by atoms with E-state index in [0.29, 0.717) is 0 Å². The smallest absolute Gasteiger partial charge is 0.224 e. The van der Waals surface area contributed by atoms with Crippen molar-refractivity contribution in [1.82, 2.24) is 4.40 Å². The van der Waals surface area contributed by atoms with Crippen LogP contribution in [-0.4, -0.2) is 4.40 Å². The number of para-hydroxylation sites is 1. The first-order valence-electron chi connectivity index (χ1n) is 8.91. The van der Waals surface area contributed by atoms with E-state index < -0.39 is 0 Å². The number of hydrogen-bond acceptors (Lipinski definition) is 1. The quantitative estimate of drug-likeness (QED) is 0.185. The molecule has 0 saturated heterocycles. The summed E-state index contributed by atoms with van der Waals surface area (Å²) in [7, 11) is 2.14. The van der Waals surface area contributed by atoms with E-state index in [1.54, 1.807) is 0 Å². The molecule has 0 bridgehead atoms. The zero-order valence-electron chi connectivity index (χ0n) is 14.7. The van der Waals surface area contributed by atoms with Crippen molar-refractivity contribution in [3.8, 4) is 0 Å². The van der Waals surface area contributed by atoms with Gasteiger partial charge in [-0.3, -0.25) is 0 Å². The lowest BCUT2D eigenvalue weighted by atomic mass is 10.00. The van der Waals surface area contributed by atoms with Gasteiger partial charge in [-0.25, -0.2) is 4.57 Å². The molecule has 0 aliphatic carbocycles. The average Bonchev–Trinajstić information content (AvgIpc) is 2.99. The molecular weight excluding hydrogens is 318 g/mol. The molecule has 0 fully saturated rings. The highest BCUT2D eigenvalue weighted by molar-refractivity contribution is 6.26. The number of pyridine rings is 2. The topological polar surface area (TPSA) is 34.3 Å². The summed E-state index contributed by atoms with van der Waals surface area (Å²) in [4.78, 5) is 0. The van der Waals surface area contributed by atoms with E-state index in [2.05, 4.69) is 71.6 Å². The number of nitrogens with zero attached hydrogens (tertiary/aromatic N) is 2. The molecule has 0 spiro atoms. The van der Waals surface area contributed by atoms with Gasteiger partial charge in [0.05, 0.1) is 33.0 Å². The molecule has 0 radical (unpaired) electrons. The van der Waals surface area contributed by atoms with E-state index in [9.17, 15) is 0 Å². The molecule has 3 aromatic heterocycles. The molecule has 3 nitrogen and oxygen atoms in total. The van der Waals surface area contributed by atoms with Crippen LogP contribution in [0.2, 0.25) is 0 Å². The number of benzene rings is 3. The first-order valence-corrected chi connectivity index (χ1v) is 8.91. The van der Waals surface area contributed by atoms with Crippen molar-refractivity contribution >= 4 is 54.7 Å². The molecule has 0 aliphatic rings. The van der Waals surface area contributed by atoms with E-state index in [1.807, 2.05) is 12.1 Å². The van der Waals surface area contributed by atoms with Crippen molar-refractivity contribution in [3.05, 3.63) is 66.4 Å². The van der Waals surface area contributed by atoms with Crippen LogP contribution in [0.4, 0.5) is 5.69 Å². The Kier molecular flexibility index (Phi) is 2.37. The molecule has 0 atom stereocenters. The van der Waals surface area contributed by atoms with E-state index in [1.165, 1.54) is 49.0 Å². The van der Waals surface area contributed by atoms with Gasteiger partial charge < -0.3 is 10.1 Å². The molecule has 6 rings (SSSR count). The Bertz CT molecular complexity index is 1510. The SMILES string of the molecule is Cc1ccc2c3cccc(N)c3n3c4cccc5cc[n+](C)c(c1c23)c54. The summed E-state index contributed by atoms with van der Waals surface area (Å²) in [5.41, 5.74) is 13.4. The second kappa shape index (κ2) is 4.44. The van der Waals surface area contributed by atoms with Crippen molar-refractivity contribution in [2.75, 3.05) is 5.73 Å². The first-order chi connectivity index (χ1) is 12.7. The predicted molar refractivity (Wildman–Crippen MR) is 109 cm³/mol. The van der Waals surface area contributed by atoms with E-state index in [-0.39, 0.29) is 0 Å². The van der Waals surface area contributed by atoms with Crippen molar-refractivity contribution in [3.63, 3.8) is 0 Å². The van der Waals surface area contributed by atoms with Crippen LogP contribution in [0, 0.1) is 6.92 Å². The van der Waals surface area contributed by atoms with E-state index in [0.717, 1.165) is 11.2 Å². The maximum atomic E-state index is 6.46. The van der Waals surface area contributed by atoms with Crippen LogP contribution in [0.25, 0.3) is 49.0 Å². The van der Waals surface area contributed by atoms with Crippen LogP contribution in [0.15, 0.2) is 60.8 Å². The van der Waals surface area contributed by atoms with Crippen LogP contribution in [0.3, 0.4) is 0 Å². The number of nitrogen functional groups attached to an aromatic ring is 1. The summed E-state index contributed by atoms with van der Waals surface area (Å²) in [6.45, 7) is 2.20. The minimum Gasteiger partial charge on any atom is -0.397 e. The molecule has 26 heavy (non-hydrogen) atoms. The Hall–Kier alpha value is -3.33. The Balaban J connectivity index is 2.18. The number of aryl methyl sites for hydroxylation is 2. The number of rotatable bonds is 0. The summed E-state index contributed by atoms with van der Waals surface area (Å²) in [5.74, 6) is 0. The van der Waals surface area contributed by atoms with Crippen molar-refractivity contribution in [1.29, 1.82) is 0 Å². The van der Waals surface area contributed by atoms with Crippen molar-refractivity contribution < 1.29 is 4.57 Å². The molecule has 3 heteroatoms. The second-order valence-electron chi connectivity index (χ2n) is 7.25. The fourth-order valence-corrected chi connectivity index (χ4v) is 4.71. The van der Waals surface area contributed by atoms with Gasteiger partial charge in [0.2, 0.25) is 5.52 Å². The highest BCUT2D eigenvalue weighted by Gasteiger charge is 2.23. The largest absolute Gasteiger partial charge is 0.397 e. The number of anilines is 1. The number of nitrogens with two attached hydrogens (primary N) is 1. The number of fused-ring (bicyclic) bond motifs is 5. The van der Waals surface area contributed by atoms with Crippen molar-refractivity contribution in [2.24, 2.45) is 7.05 Å². The van der Waals surface area contributed by atoms with Crippen LogP contribution in [-0.2, 0) is 7.05 Å². The van der Waals surface area contributed by atoms with Gasteiger partial charge >= 0.3 is 0 Å². The van der Waals surface area contributed by atoms with Gasteiger partial charge in [-0.2, -0.15) is 0 Å². The van der Waals surface area contributed by atoms with Gasteiger partial charge in [0, 0.05) is 16.8 Å². The summed E-state index contributed by atoms with van der Waals surface area (Å²) in [6.07, 6.45) is 2.16. The minimum absolute atomic E-state index is 0.822. The molecule has 0 amide bonds. The highest BCUT2D eigenvalue weighted by atomic mass is 15.0. The molecule has 124 valence electrons. The summed E-state index contributed by atoms with van der Waals surface area (Å²) < 4.78 is 4.62. The first kappa shape index (κ1) is 13.9. The third-order valence-corrected chi connectivity index (χ3v) is 5.81. The monoisotopic (exact) mass is 336 g/mol. The third kappa shape index (κ3) is 1.43. The molecular formula is C23H18N3+. The fraction of sp³-hybridized carbons (Fsp3) is 0.0870. The molecule has 2 N–H and O–H groups in total. The minimum atomic E-state index is 0.822. The maximum absolute atomic E-state index is 6.46. The summed E-state index contributed by atoms with van der Waals surface area (Å²) in [5, 5.41) is 6.34. The van der Waals surface area contributed by atoms with Gasteiger partial charge in [-0.1, -0.05) is 36.4 Å². The zero-order valence-corrected chi connectivity index (χ0v) is 14.7. The van der Waals surface area contributed by atoms with E-state index >= 15 is 0 Å². The van der Waals surface area contributed by atoms with E-state index in [4.69, 9.17) is 5.73 Å². The predicted octanol–water partition coefficient (Wildman–Crippen LogP) is 4.71. The van der Waals surface area contributed by atoms with Gasteiger partial charge in [-0.15, -0.1) is 0 Å². The van der Waals surface area contributed by atoms with Crippen LogP contribution in [0.1, 0.15) is 5.56 Å². The normalized spacial score (nSPS) is 12.4. The lowest BCUT2D eigenvalue weighted by Crippen LogP contribution is -2.28.